The average Bonchev–Trinajstić information content (AvgIpc) is 2.94. The molecule has 0 amide bonds. The van der Waals surface area contributed by atoms with Crippen molar-refractivity contribution in [1.29, 1.82) is 0 Å². The second-order valence-electron chi connectivity index (χ2n) is 8.24. The SMILES string of the molecule is C[S+](=O)([O-])N1Cc2ccccc2CC2(CCN(CCc3ccccc3)C2)C1. The van der Waals surface area contributed by atoms with Gasteiger partial charge in [-0.2, -0.15) is 0 Å². The van der Waals surface area contributed by atoms with Gasteiger partial charge in [0.05, 0.1) is 13.1 Å². The van der Waals surface area contributed by atoms with Crippen molar-refractivity contribution in [2.75, 3.05) is 32.4 Å². The van der Waals surface area contributed by atoms with E-state index in [9.17, 15) is 8.76 Å². The van der Waals surface area contributed by atoms with E-state index in [1.807, 2.05) is 6.07 Å². The highest BCUT2D eigenvalue weighted by Gasteiger charge is 2.44. The van der Waals surface area contributed by atoms with Crippen LogP contribution in [0.1, 0.15) is 23.1 Å². The number of likely N-dealkylation sites (tertiary alicyclic amines) is 1. The summed E-state index contributed by atoms with van der Waals surface area (Å²) >= 11 is 0. The van der Waals surface area contributed by atoms with Crippen LogP contribution in [0.25, 0.3) is 0 Å². The minimum atomic E-state index is -3.21. The summed E-state index contributed by atoms with van der Waals surface area (Å²) in [5.41, 5.74) is 3.85. The molecule has 27 heavy (non-hydrogen) atoms. The molecule has 2 aromatic rings. The van der Waals surface area contributed by atoms with Gasteiger partial charge in [-0.05, 0) is 42.5 Å². The lowest BCUT2D eigenvalue weighted by Crippen LogP contribution is -2.44. The van der Waals surface area contributed by atoms with Gasteiger partial charge in [-0.3, -0.25) is 0 Å². The van der Waals surface area contributed by atoms with Crippen LogP contribution in [0.15, 0.2) is 54.6 Å². The molecule has 0 aliphatic carbocycles. The van der Waals surface area contributed by atoms with Crippen LogP contribution in [0.5, 0.6) is 0 Å². The average molecular weight is 385 g/mol. The maximum Gasteiger partial charge on any atom is 0.122 e. The number of hydrogen-bond acceptors (Lipinski definition) is 3. The van der Waals surface area contributed by atoms with Gasteiger partial charge in [0.1, 0.15) is 16.7 Å². The predicted octanol–water partition coefficient (Wildman–Crippen LogP) is 3.15. The third kappa shape index (κ3) is 4.32. The van der Waals surface area contributed by atoms with Gasteiger partial charge in [-0.1, -0.05) is 58.8 Å². The van der Waals surface area contributed by atoms with E-state index in [1.165, 1.54) is 17.4 Å². The number of rotatable bonds is 4. The number of hydrogen-bond donors (Lipinski definition) is 0. The maximum atomic E-state index is 12.4. The molecule has 2 unspecified atom stereocenters. The topological polar surface area (TPSA) is 46.6 Å². The highest BCUT2D eigenvalue weighted by atomic mass is 32.3. The quantitative estimate of drug-likeness (QED) is 0.761. The van der Waals surface area contributed by atoms with Crippen molar-refractivity contribution < 1.29 is 8.76 Å². The summed E-state index contributed by atoms with van der Waals surface area (Å²) in [6.07, 6.45) is 4.42. The van der Waals surface area contributed by atoms with Crippen LogP contribution in [-0.2, 0) is 34.0 Å². The van der Waals surface area contributed by atoms with E-state index >= 15 is 0 Å². The van der Waals surface area contributed by atoms with Crippen molar-refractivity contribution in [2.24, 2.45) is 5.41 Å². The van der Waals surface area contributed by atoms with E-state index in [0.29, 0.717) is 13.1 Å². The first-order valence-corrected chi connectivity index (χ1v) is 11.6. The van der Waals surface area contributed by atoms with E-state index in [-0.39, 0.29) is 5.41 Å². The first-order chi connectivity index (χ1) is 12.9. The van der Waals surface area contributed by atoms with Crippen LogP contribution in [-0.4, -0.2) is 46.2 Å². The Morgan fingerprint density at radius 1 is 1.04 bits per heavy atom. The minimum Gasteiger partial charge on any atom is -0.598 e. The fourth-order valence-electron chi connectivity index (χ4n) is 4.62. The molecule has 2 atom stereocenters. The van der Waals surface area contributed by atoms with Gasteiger partial charge in [-0.25, -0.2) is 0 Å². The molecule has 1 fully saturated rings. The van der Waals surface area contributed by atoms with Crippen molar-refractivity contribution in [3.8, 4) is 0 Å². The Morgan fingerprint density at radius 3 is 2.48 bits per heavy atom. The van der Waals surface area contributed by atoms with Gasteiger partial charge in [0.25, 0.3) is 0 Å². The molecule has 1 spiro atoms. The van der Waals surface area contributed by atoms with Crippen molar-refractivity contribution in [3.63, 3.8) is 0 Å². The third-order valence-electron chi connectivity index (χ3n) is 6.09. The van der Waals surface area contributed by atoms with Crippen LogP contribution in [0.3, 0.4) is 0 Å². The first kappa shape index (κ1) is 18.8. The zero-order chi connectivity index (χ0) is 18.9. The Kier molecular flexibility index (Phi) is 5.21. The lowest BCUT2D eigenvalue weighted by atomic mass is 9.80. The standard InChI is InChI=1S/C22H28N2O2S/c1-27(25,26)24-16-21-10-6-5-9-20(21)15-22(18-24)12-14-23(17-22)13-11-19-7-3-2-4-8-19/h2-10H,11-18H2,1H3. The molecule has 144 valence electrons. The van der Waals surface area contributed by atoms with E-state index in [2.05, 4.69) is 53.4 Å². The molecule has 0 N–H and O–H groups in total. The van der Waals surface area contributed by atoms with Gasteiger partial charge in [0.2, 0.25) is 0 Å². The Labute approximate surface area is 163 Å². The van der Waals surface area contributed by atoms with Gasteiger partial charge in [-0.15, -0.1) is 4.31 Å². The van der Waals surface area contributed by atoms with Gasteiger partial charge >= 0.3 is 0 Å². The smallest absolute Gasteiger partial charge is 0.122 e. The van der Waals surface area contributed by atoms with E-state index < -0.39 is 10.4 Å². The van der Waals surface area contributed by atoms with E-state index in [1.54, 1.807) is 4.31 Å². The van der Waals surface area contributed by atoms with Gasteiger partial charge in [0, 0.05) is 18.5 Å². The molecule has 4 nitrogen and oxygen atoms in total. The molecule has 2 aliphatic rings. The largest absolute Gasteiger partial charge is 0.598 e. The lowest BCUT2D eigenvalue weighted by Gasteiger charge is -2.33. The molecule has 0 saturated carbocycles. The molecule has 2 heterocycles. The predicted molar refractivity (Wildman–Crippen MR) is 109 cm³/mol. The Balaban J connectivity index is 1.52. The number of fused-ring (bicyclic) bond motifs is 1. The summed E-state index contributed by atoms with van der Waals surface area (Å²) in [6, 6.07) is 18.9. The normalized spacial score (nSPS) is 25.9. The highest BCUT2D eigenvalue weighted by molar-refractivity contribution is 7.94. The molecule has 1 saturated heterocycles. The van der Waals surface area contributed by atoms with E-state index in [4.69, 9.17) is 0 Å². The van der Waals surface area contributed by atoms with Crippen LogP contribution in [0.4, 0.5) is 0 Å². The van der Waals surface area contributed by atoms with Crippen molar-refractivity contribution in [3.05, 3.63) is 71.3 Å². The minimum absolute atomic E-state index is 0.0202. The summed E-state index contributed by atoms with van der Waals surface area (Å²) in [5, 5.41) is 0. The molecule has 2 aromatic carbocycles. The van der Waals surface area contributed by atoms with Crippen molar-refractivity contribution in [1.82, 2.24) is 9.21 Å². The van der Waals surface area contributed by atoms with Crippen LogP contribution >= 0.6 is 0 Å². The highest BCUT2D eigenvalue weighted by Crippen LogP contribution is 2.39. The Bertz CT molecular complexity index is 835. The second kappa shape index (κ2) is 7.47. The third-order valence-corrected chi connectivity index (χ3v) is 7.28. The van der Waals surface area contributed by atoms with Crippen molar-refractivity contribution >= 4 is 10.4 Å². The van der Waals surface area contributed by atoms with E-state index in [0.717, 1.165) is 44.5 Å². The Hall–Kier alpha value is -1.53. The Morgan fingerprint density at radius 2 is 1.74 bits per heavy atom. The molecule has 0 aromatic heterocycles. The fraction of sp³-hybridized carbons (Fsp3) is 0.455. The number of sulfonamides is 1. The molecule has 0 bridgehead atoms. The molecule has 0 radical (unpaired) electrons. The zero-order valence-electron chi connectivity index (χ0n) is 16.0. The molecule has 5 heteroatoms. The second-order valence-corrected chi connectivity index (χ2v) is 10.2. The molecule has 2 aliphatic heterocycles. The summed E-state index contributed by atoms with van der Waals surface area (Å²) in [6.45, 7) is 4.18. The summed E-state index contributed by atoms with van der Waals surface area (Å²) in [4.78, 5) is 2.52. The first-order valence-electron chi connectivity index (χ1n) is 9.72. The summed E-state index contributed by atoms with van der Waals surface area (Å²) < 4.78 is 26.5. The maximum absolute atomic E-state index is 12.4. The zero-order valence-corrected chi connectivity index (χ0v) is 16.8. The van der Waals surface area contributed by atoms with Crippen LogP contribution in [0, 0.1) is 5.41 Å². The van der Waals surface area contributed by atoms with Crippen molar-refractivity contribution in [2.45, 2.75) is 25.8 Å². The number of nitrogens with zero attached hydrogens (tertiary/aromatic N) is 2. The monoisotopic (exact) mass is 384 g/mol. The van der Waals surface area contributed by atoms with Crippen LogP contribution in [0.2, 0.25) is 0 Å². The lowest BCUT2D eigenvalue weighted by molar-refractivity contribution is 0.203. The summed E-state index contributed by atoms with van der Waals surface area (Å²) in [7, 11) is -3.21. The van der Waals surface area contributed by atoms with Gasteiger partial charge in [0.15, 0.2) is 0 Å². The number of benzene rings is 2. The fourth-order valence-corrected chi connectivity index (χ4v) is 5.50. The molecular formula is C22H28N2O2S. The van der Waals surface area contributed by atoms with Gasteiger partial charge < -0.3 is 9.45 Å². The molecule has 4 rings (SSSR count). The van der Waals surface area contributed by atoms with Crippen LogP contribution < -0.4 is 0 Å². The summed E-state index contributed by atoms with van der Waals surface area (Å²) in [5.74, 6) is 0. The molecular weight excluding hydrogens is 356 g/mol.